The number of benzene rings is 1. The van der Waals surface area contributed by atoms with Gasteiger partial charge in [-0.1, -0.05) is 6.07 Å². The van der Waals surface area contributed by atoms with E-state index in [-0.39, 0.29) is 17.3 Å². The highest BCUT2D eigenvalue weighted by molar-refractivity contribution is 5.91. The number of halogens is 1. The molecule has 1 aromatic heterocycles. The van der Waals surface area contributed by atoms with Crippen LogP contribution in [-0.2, 0) is 0 Å². The van der Waals surface area contributed by atoms with Crippen LogP contribution >= 0.6 is 0 Å². The Labute approximate surface area is 111 Å². The molecule has 2 rings (SSSR count). The number of hydrogen-bond donors (Lipinski definition) is 1. The van der Waals surface area contributed by atoms with Crippen molar-refractivity contribution in [3.63, 3.8) is 0 Å². The summed E-state index contributed by atoms with van der Waals surface area (Å²) in [6.45, 7) is 0. The zero-order chi connectivity index (χ0) is 14.7. The lowest BCUT2D eigenvalue weighted by Crippen LogP contribution is -2.04. The fraction of sp³-hybridized carbons (Fsp3) is 0. The molecule has 2 aromatic rings. The van der Waals surface area contributed by atoms with Crippen LogP contribution < -0.4 is 4.74 Å². The number of hydrogen-bond acceptors (Lipinski definition) is 5. The molecule has 1 N–H and O–H groups in total. The molecule has 0 aliphatic rings. The molecule has 8 heteroatoms. The number of nitro groups is 1. The largest absolute Gasteiger partial charge is 0.477 e. The molecule has 0 amide bonds. The number of carboxylic acids is 1. The zero-order valence-electron chi connectivity index (χ0n) is 9.82. The van der Waals surface area contributed by atoms with E-state index < -0.39 is 22.3 Å². The number of rotatable bonds is 4. The molecular weight excluding hydrogens is 271 g/mol. The first-order valence-corrected chi connectivity index (χ1v) is 5.29. The maximum atomic E-state index is 13.4. The standard InChI is InChI=1S/C12H7FN2O5/c13-8-2-1-3-9(11(8)12(16)17)20-10-6-7(15(18)19)4-5-14-10/h1-6H,(H,16,17). The van der Waals surface area contributed by atoms with Crippen LogP contribution in [0.1, 0.15) is 10.4 Å². The third kappa shape index (κ3) is 2.69. The van der Waals surface area contributed by atoms with Gasteiger partial charge in [0.15, 0.2) is 0 Å². The first-order valence-electron chi connectivity index (χ1n) is 5.29. The molecule has 1 aromatic carbocycles. The van der Waals surface area contributed by atoms with Gasteiger partial charge in [0.1, 0.15) is 17.1 Å². The summed E-state index contributed by atoms with van der Waals surface area (Å²) in [5.41, 5.74) is -0.941. The summed E-state index contributed by atoms with van der Waals surface area (Å²) in [5.74, 6) is -2.97. The van der Waals surface area contributed by atoms with Crippen LogP contribution in [0.4, 0.5) is 10.1 Å². The summed E-state index contributed by atoms with van der Waals surface area (Å²) in [6, 6.07) is 5.62. The van der Waals surface area contributed by atoms with E-state index >= 15 is 0 Å². The SMILES string of the molecule is O=C(O)c1c(F)cccc1Oc1cc([N+](=O)[O-])ccn1. The number of aromatic nitrogens is 1. The Morgan fingerprint density at radius 2 is 2.15 bits per heavy atom. The maximum Gasteiger partial charge on any atom is 0.342 e. The highest BCUT2D eigenvalue weighted by atomic mass is 19.1. The maximum absolute atomic E-state index is 13.4. The van der Waals surface area contributed by atoms with E-state index in [9.17, 15) is 19.3 Å². The van der Waals surface area contributed by atoms with Crippen LogP contribution in [-0.4, -0.2) is 21.0 Å². The van der Waals surface area contributed by atoms with Crippen molar-refractivity contribution in [2.24, 2.45) is 0 Å². The Morgan fingerprint density at radius 3 is 2.80 bits per heavy atom. The Balaban J connectivity index is 2.40. The minimum absolute atomic E-state index is 0.202. The van der Waals surface area contributed by atoms with Crippen molar-refractivity contribution in [2.45, 2.75) is 0 Å². The molecule has 0 fully saturated rings. The van der Waals surface area contributed by atoms with Crippen molar-refractivity contribution < 1.29 is 24.0 Å². The molecule has 0 saturated carbocycles. The fourth-order valence-corrected chi connectivity index (χ4v) is 1.48. The van der Waals surface area contributed by atoms with Gasteiger partial charge < -0.3 is 9.84 Å². The minimum atomic E-state index is -1.51. The smallest absolute Gasteiger partial charge is 0.342 e. The van der Waals surface area contributed by atoms with Crippen molar-refractivity contribution in [1.29, 1.82) is 0 Å². The summed E-state index contributed by atoms with van der Waals surface area (Å²) in [4.78, 5) is 24.6. The number of ether oxygens (including phenoxy) is 1. The highest BCUT2D eigenvalue weighted by Gasteiger charge is 2.18. The first kappa shape index (κ1) is 13.4. The van der Waals surface area contributed by atoms with Crippen molar-refractivity contribution in [1.82, 2.24) is 4.98 Å². The molecule has 0 atom stereocenters. The normalized spacial score (nSPS) is 10.1. The molecule has 20 heavy (non-hydrogen) atoms. The zero-order valence-corrected chi connectivity index (χ0v) is 9.82. The van der Waals surface area contributed by atoms with Crippen LogP contribution in [0.25, 0.3) is 0 Å². The van der Waals surface area contributed by atoms with E-state index in [2.05, 4.69) is 4.98 Å². The third-order valence-electron chi connectivity index (χ3n) is 2.33. The quantitative estimate of drug-likeness (QED) is 0.681. The highest BCUT2D eigenvalue weighted by Crippen LogP contribution is 2.27. The second-order valence-corrected chi connectivity index (χ2v) is 3.63. The van der Waals surface area contributed by atoms with Crippen molar-refractivity contribution >= 4 is 11.7 Å². The molecule has 0 unspecified atom stereocenters. The molecule has 7 nitrogen and oxygen atoms in total. The number of carbonyl (C=O) groups is 1. The van der Waals surface area contributed by atoms with E-state index in [0.29, 0.717) is 0 Å². The van der Waals surface area contributed by atoms with E-state index in [0.717, 1.165) is 24.4 Å². The molecule has 0 bridgehead atoms. The summed E-state index contributed by atoms with van der Waals surface area (Å²) < 4.78 is 18.5. The summed E-state index contributed by atoms with van der Waals surface area (Å²) in [7, 11) is 0. The van der Waals surface area contributed by atoms with E-state index in [4.69, 9.17) is 9.84 Å². The predicted octanol–water partition coefficient (Wildman–Crippen LogP) is 2.62. The topological polar surface area (TPSA) is 103 Å². The molecular formula is C12H7FN2O5. The van der Waals surface area contributed by atoms with Gasteiger partial charge in [0.05, 0.1) is 11.0 Å². The number of pyridine rings is 1. The van der Waals surface area contributed by atoms with E-state index in [1.165, 1.54) is 12.1 Å². The van der Waals surface area contributed by atoms with Crippen molar-refractivity contribution in [2.75, 3.05) is 0 Å². The van der Waals surface area contributed by atoms with Crippen molar-refractivity contribution in [3.8, 4) is 11.6 Å². The predicted molar refractivity (Wildman–Crippen MR) is 64.3 cm³/mol. The van der Waals surface area contributed by atoms with Gasteiger partial charge in [-0.3, -0.25) is 10.1 Å². The van der Waals surface area contributed by atoms with Crippen LogP contribution in [0, 0.1) is 15.9 Å². The summed E-state index contributed by atoms with van der Waals surface area (Å²) in [6.07, 6.45) is 1.13. The lowest BCUT2D eigenvalue weighted by Gasteiger charge is -2.08. The molecule has 102 valence electrons. The second kappa shape index (κ2) is 5.31. The second-order valence-electron chi connectivity index (χ2n) is 3.63. The van der Waals surface area contributed by atoms with Crippen LogP contribution in [0.3, 0.4) is 0 Å². The van der Waals surface area contributed by atoms with Gasteiger partial charge in [0.2, 0.25) is 5.88 Å². The lowest BCUT2D eigenvalue weighted by atomic mass is 10.2. The Morgan fingerprint density at radius 1 is 1.40 bits per heavy atom. The average Bonchev–Trinajstić information content (AvgIpc) is 2.38. The van der Waals surface area contributed by atoms with Gasteiger partial charge in [-0.05, 0) is 12.1 Å². The summed E-state index contributed by atoms with van der Waals surface area (Å²) >= 11 is 0. The Hall–Kier alpha value is -3.03. The van der Waals surface area contributed by atoms with Gasteiger partial charge in [0, 0.05) is 12.3 Å². The van der Waals surface area contributed by atoms with Gasteiger partial charge in [-0.15, -0.1) is 0 Å². The minimum Gasteiger partial charge on any atom is -0.477 e. The molecule has 0 aliphatic carbocycles. The van der Waals surface area contributed by atoms with Gasteiger partial charge in [-0.2, -0.15) is 0 Å². The monoisotopic (exact) mass is 278 g/mol. The van der Waals surface area contributed by atoms with Crippen LogP contribution in [0.15, 0.2) is 36.5 Å². The lowest BCUT2D eigenvalue weighted by molar-refractivity contribution is -0.385. The van der Waals surface area contributed by atoms with E-state index in [1.807, 2.05) is 0 Å². The van der Waals surface area contributed by atoms with Crippen molar-refractivity contribution in [3.05, 3.63) is 58.0 Å². The first-order chi connectivity index (χ1) is 9.49. The Bertz CT molecular complexity index is 689. The fourth-order valence-electron chi connectivity index (χ4n) is 1.48. The van der Waals surface area contributed by atoms with Crippen LogP contribution in [0.2, 0.25) is 0 Å². The van der Waals surface area contributed by atoms with Gasteiger partial charge in [0.25, 0.3) is 5.69 Å². The Kier molecular flexibility index (Phi) is 3.56. The molecule has 1 heterocycles. The molecule has 0 radical (unpaired) electrons. The van der Waals surface area contributed by atoms with E-state index in [1.54, 1.807) is 0 Å². The van der Waals surface area contributed by atoms with Crippen LogP contribution in [0.5, 0.6) is 11.6 Å². The summed E-state index contributed by atoms with van der Waals surface area (Å²) in [5, 5.41) is 19.5. The average molecular weight is 278 g/mol. The number of carboxylic acid groups (broad SMARTS) is 1. The third-order valence-corrected chi connectivity index (χ3v) is 2.33. The van der Waals surface area contributed by atoms with Gasteiger partial charge >= 0.3 is 5.97 Å². The molecule has 0 aliphatic heterocycles. The number of nitrogens with zero attached hydrogens (tertiary/aromatic N) is 2. The van der Waals surface area contributed by atoms with Gasteiger partial charge in [-0.25, -0.2) is 14.2 Å². The number of aromatic carboxylic acids is 1. The molecule has 0 spiro atoms. The molecule has 0 saturated heterocycles.